The topological polar surface area (TPSA) is 29.3 Å². The van der Waals surface area contributed by atoms with Crippen molar-refractivity contribution < 1.29 is 4.39 Å². The lowest BCUT2D eigenvalue weighted by molar-refractivity contribution is 0.0963. The van der Waals surface area contributed by atoms with Gasteiger partial charge in [-0.15, -0.1) is 0 Å². The number of hydrogen-bond acceptors (Lipinski definition) is 2. The van der Waals surface area contributed by atoms with E-state index < -0.39 is 0 Å². The first kappa shape index (κ1) is 14.5. The number of halogens is 1. The third kappa shape index (κ3) is 2.98. The second-order valence-electron chi connectivity index (χ2n) is 6.18. The highest BCUT2D eigenvalue weighted by Crippen LogP contribution is 2.38. The average Bonchev–Trinajstić information content (AvgIpc) is 2.70. The Morgan fingerprint density at radius 3 is 2.68 bits per heavy atom. The molecule has 0 aliphatic carbocycles. The molecule has 2 atom stereocenters. The van der Waals surface area contributed by atoms with Crippen molar-refractivity contribution >= 4 is 0 Å². The molecule has 2 rings (SSSR count). The van der Waals surface area contributed by atoms with Crippen LogP contribution in [0.3, 0.4) is 0 Å². The van der Waals surface area contributed by atoms with E-state index in [1.807, 2.05) is 6.07 Å². The van der Waals surface area contributed by atoms with Crippen molar-refractivity contribution in [1.29, 1.82) is 0 Å². The molecule has 1 saturated heterocycles. The Hall–Kier alpha value is -0.930. The maximum Gasteiger partial charge on any atom is 0.123 e. The maximum atomic E-state index is 13.5. The number of rotatable bonds is 4. The molecule has 106 valence electrons. The van der Waals surface area contributed by atoms with Crippen LogP contribution in [0.25, 0.3) is 0 Å². The van der Waals surface area contributed by atoms with Gasteiger partial charge in [-0.05, 0) is 57.4 Å². The van der Waals surface area contributed by atoms with Crippen LogP contribution in [0.4, 0.5) is 4.39 Å². The number of nitrogens with two attached hydrogens (primary N) is 1. The van der Waals surface area contributed by atoms with E-state index >= 15 is 0 Å². The second kappa shape index (κ2) is 5.59. The van der Waals surface area contributed by atoms with Crippen molar-refractivity contribution in [2.24, 2.45) is 5.73 Å². The molecule has 1 aromatic rings. The molecule has 0 bridgehead atoms. The Morgan fingerprint density at radius 2 is 2.16 bits per heavy atom. The summed E-state index contributed by atoms with van der Waals surface area (Å²) in [4.78, 5) is 2.45. The zero-order valence-electron chi connectivity index (χ0n) is 12.2. The molecule has 1 fully saturated rings. The molecular weight excluding hydrogens is 239 g/mol. The van der Waals surface area contributed by atoms with E-state index in [4.69, 9.17) is 5.73 Å². The standard InChI is InChI=1S/C16H25FN2/c1-4-14(18)15(12-7-5-8-13(17)11-12)19-10-6-9-16(19,2)3/h5,7-8,11,14-15H,4,6,9-10,18H2,1-3H3. The van der Waals surface area contributed by atoms with Gasteiger partial charge in [0.25, 0.3) is 0 Å². The SMILES string of the molecule is CCC(N)C(c1cccc(F)c1)N1CCCC1(C)C. The van der Waals surface area contributed by atoms with Crippen LogP contribution in [0.15, 0.2) is 24.3 Å². The molecule has 0 saturated carbocycles. The lowest BCUT2D eigenvalue weighted by atomic mass is 9.92. The summed E-state index contributed by atoms with van der Waals surface area (Å²) in [5.74, 6) is -0.178. The van der Waals surface area contributed by atoms with E-state index in [0.29, 0.717) is 0 Å². The first-order valence-electron chi connectivity index (χ1n) is 7.23. The molecule has 0 spiro atoms. The van der Waals surface area contributed by atoms with Crippen molar-refractivity contribution in [2.45, 2.75) is 57.7 Å². The first-order valence-corrected chi connectivity index (χ1v) is 7.23. The summed E-state index contributed by atoms with van der Waals surface area (Å²) in [5, 5.41) is 0. The van der Waals surface area contributed by atoms with Crippen LogP contribution in [0, 0.1) is 5.82 Å². The normalized spacial score (nSPS) is 22.4. The van der Waals surface area contributed by atoms with Crippen molar-refractivity contribution in [1.82, 2.24) is 4.90 Å². The highest BCUT2D eigenvalue weighted by Gasteiger charge is 2.39. The van der Waals surface area contributed by atoms with Crippen LogP contribution in [0.1, 0.15) is 51.6 Å². The van der Waals surface area contributed by atoms with Gasteiger partial charge in [-0.1, -0.05) is 19.1 Å². The van der Waals surface area contributed by atoms with Gasteiger partial charge in [0.1, 0.15) is 5.82 Å². The van der Waals surface area contributed by atoms with Gasteiger partial charge in [0, 0.05) is 11.6 Å². The number of hydrogen-bond donors (Lipinski definition) is 1. The Kier molecular flexibility index (Phi) is 4.26. The monoisotopic (exact) mass is 264 g/mol. The van der Waals surface area contributed by atoms with Crippen molar-refractivity contribution in [2.75, 3.05) is 6.54 Å². The number of benzene rings is 1. The molecule has 19 heavy (non-hydrogen) atoms. The molecule has 0 radical (unpaired) electrons. The molecular formula is C16H25FN2. The smallest absolute Gasteiger partial charge is 0.123 e. The van der Waals surface area contributed by atoms with Gasteiger partial charge in [-0.3, -0.25) is 4.90 Å². The third-order valence-electron chi connectivity index (χ3n) is 4.37. The van der Waals surface area contributed by atoms with Crippen LogP contribution in [-0.4, -0.2) is 23.0 Å². The van der Waals surface area contributed by atoms with Crippen LogP contribution < -0.4 is 5.73 Å². The molecule has 2 N–H and O–H groups in total. The Bertz CT molecular complexity index is 431. The fourth-order valence-corrected chi connectivity index (χ4v) is 3.22. The van der Waals surface area contributed by atoms with E-state index in [1.165, 1.54) is 18.9 Å². The van der Waals surface area contributed by atoms with Gasteiger partial charge in [0.2, 0.25) is 0 Å². The zero-order chi connectivity index (χ0) is 14.0. The summed E-state index contributed by atoms with van der Waals surface area (Å²) in [6.07, 6.45) is 3.26. The molecule has 0 amide bonds. The van der Waals surface area contributed by atoms with Crippen LogP contribution >= 0.6 is 0 Å². The van der Waals surface area contributed by atoms with Crippen molar-refractivity contribution in [3.63, 3.8) is 0 Å². The summed E-state index contributed by atoms with van der Waals surface area (Å²) in [5.41, 5.74) is 7.48. The average molecular weight is 264 g/mol. The molecule has 1 aromatic carbocycles. The quantitative estimate of drug-likeness (QED) is 0.902. The van der Waals surface area contributed by atoms with E-state index in [-0.39, 0.29) is 23.4 Å². The largest absolute Gasteiger partial charge is 0.326 e. The van der Waals surface area contributed by atoms with E-state index in [2.05, 4.69) is 25.7 Å². The van der Waals surface area contributed by atoms with Crippen LogP contribution in [0.5, 0.6) is 0 Å². The van der Waals surface area contributed by atoms with Crippen molar-refractivity contribution in [3.05, 3.63) is 35.6 Å². The molecule has 2 nitrogen and oxygen atoms in total. The lowest BCUT2D eigenvalue weighted by Crippen LogP contribution is -2.47. The summed E-state index contributed by atoms with van der Waals surface area (Å²) in [6, 6.07) is 7.06. The number of nitrogens with zero attached hydrogens (tertiary/aromatic N) is 1. The summed E-state index contributed by atoms with van der Waals surface area (Å²) in [7, 11) is 0. The zero-order valence-corrected chi connectivity index (χ0v) is 12.2. The van der Waals surface area contributed by atoms with Gasteiger partial charge in [-0.2, -0.15) is 0 Å². The fourth-order valence-electron chi connectivity index (χ4n) is 3.22. The Labute approximate surface area is 115 Å². The molecule has 1 aliphatic heterocycles. The summed E-state index contributed by atoms with van der Waals surface area (Å²) < 4.78 is 13.5. The highest BCUT2D eigenvalue weighted by molar-refractivity contribution is 5.23. The summed E-state index contributed by atoms with van der Waals surface area (Å²) in [6.45, 7) is 7.66. The molecule has 2 unspecified atom stereocenters. The van der Waals surface area contributed by atoms with Gasteiger partial charge in [0.05, 0.1) is 6.04 Å². The van der Waals surface area contributed by atoms with Crippen molar-refractivity contribution in [3.8, 4) is 0 Å². The molecule has 3 heteroatoms. The second-order valence-corrected chi connectivity index (χ2v) is 6.18. The minimum Gasteiger partial charge on any atom is -0.326 e. The van der Waals surface area contributed by atoms with Crippen LogP contribution in [0.2, 0.25) is 0 Å². The highest BCUT2D eigenvalue weighted by atomic mass is 19.1. The third-order valence-corrected chi connectivity index (χ3v) is 4.37. The Morgan fingerprint density at radius 1 is 1.42 bits per heavy atom. The van der Waals surface area contributed by atoms with Crippen LogP contribution in [-0.2, 0) is 0 Å². The predicted molar refractivity (Wildman–Crippen MR) is 77.4 cm³/mol. The van der Waals surface area contributed by atoms with Gasteiger partial charge in [-0.25, -0.2) is 4.39 Å². The fraction of sp³-hybridized carbons (Fsp3) is 0.625. The van der Waals surface area contributed by atoms with E-state index in [1.54, 1.807) is 12.1 Å². The maximum absolute atomic E-state index is 13.5. The molecule has 1 aliphatic rings. The minimum absolute atomic E-state index is 0.0409. The first-order chi connectivity index (χ1) is 8.95. The predicted octanol–water partition coefficient (Wildman–Crippen LogP) is 3.48. The minimum atomic E-state index is -0.178. The van der Waals surface area contributed by atoms with Gasteiger partial charge in [0.15, 0.2) is 0 Å². The lowest BCUT2D eigenvalue weighted by Gasteiger charge is -2.41. The number of likely N-dealkylation sites (tertiary alicyclic amines) is 1. The van der Waals surface area contributed by atoms with E-state index in [9.17, 15) is 4.39 Å². The van der Waals surface area contributed by atoms with E-state index in [0.717, 1.165) is 18.5 Å². The molecule has 0 aromatic heterocycles. The summed E-state index contributed by atoms with van der Waals surface area (Å²) >= 11 is 0. The molecule has 1 heterocycles. The van der Waals surface area contributed by atoms with Gasteiger partial charge < -0.3 is 5.73 Å². The Balaban J connectivity index is 2.36. The van der Waals surface area contributed by atoms with Gasteiger partial charge >= 0.3 is 0 Å².